The summed E-state index contributed by atoms with van der Waals surface area (Å²) in [7, 11) is 0. The lowest BCUT2D eigenvalue weighted by Crippen LogP contribution is -2.52. The first-order valence-electron chi connectivity index (χ1n) is 7.22. The molecule has 0 radical (unpaired) electrons. The summed E-state index contributed by atoms with van der Waals surface area (Å²) >= 11 is 1.93. The maximum absolute atomic E-state index is 12.4. The van der Waals surface area contributed by atoms with E-state index in [4.69, 9.17) is 5.73 Å². The highest BCUT2D eigenvalue weighted by atomic mass is 32.2. The van der Waals surface area contributed by atoms with E-state index in [1.807, 2.05) is 42.1 Å². The van der Waals surface area contributed by atoms with Crippen LogP contribution in [0.4, 0.5) is 0 Å². The fourth-order valence-corrected chi connectivity index (χ4v) is 3.44. The van der Waals surface area contributed by atoms with Crippen LogP contribution in [0.5, 0.6) is 0 Å². The minimum atomic E-state index is -0.961. The number of hydrogen-bond acceptors (Lipinski definition) is 3. The summed E-state index contributed by atoms with van der Waals surface area (Å²) in [6.45, 7) is 1.78. The van der Waals surface area contributed by atoms with Gasteiger partial charge in [0.25, 0.3) is 0 Å². The summed E-state index contributed by atoms with van der Waals surface area (Å²) in [4.78, 5) is 12.4. The average molecular weight is 292 g/mol. The second-order valence-corrected chi connectivity index (χ2v) is 6.89. The first-order chi connectivity index (χ1) is 9.54. The molecule has 1 aliphatic carbocycles. The molecule has 1 aromatic carbocycles. The van der Waals surface area contributed by atoms with E-state index in [1.54, 1.807) is 6.92 Å². The van der Waals surface area contributed by atoms with Crippen molar-refractivity contribution in [2.75, 3.05) is 6.26 Å². The molecule has 2 rings (SSSR count). The fraction of sp³-hybridized carbons (Fsp3) is 0.562. The van der Waals surface area contributed by atoms with Crippen LogP contribution >= 0.6 is 11.8 Å². The van der Waals surface area contributed by atoms with Crippen molar-refractivity contribution in [3.05, 3.63) is 35.9 Å². The molecule has 0 heterocycles. The summed E-state index contributed by atoms with van der Waals surface area (Å²) in [5, 5.41) is 3.88. The van der Waals surface area contributed by atoms with E-state index in [0.717, 1.165) is 23.7 Å². The molecule has 3 nitrogen and oxygen atoms in total. The zero-order valence-electron chi connectivity index (χ0n) is 12.3. The molecule has 4 heteroatoms. The number of nitrogens with one attached hydrogen (secondary N) is 1. The van der Waals surface area contributed by atoms with E-state index < -0.39 is 5.54 Å². The maximum atomic E-state index is 12.4. The van der Waals surface area contributed by atoms with E-state index in [1.165, 1.54) is 12.8 Å². The number of rotatable bonds is 4. The van der Waals surface area contributed by atoms with Crippen molar-refractivity contribution in [3.8, 4) is 0 Å². The van der Waals surface area contributed by atoms with Crippen LogP contribution < -0.4 is 11.1 Å². The molecular formula is C16H24N2OS. The lowest BCUT2D eigenvalue weighted by Gasteiger charge is -2.31. The smallest absolute Gasteiger partial charge is 0.244 e. The number of benzene rings is 1. The second-order valence-electron chi connectivity index (χ2n) is 5.75. The van der Waals surface area contributed by atoms with Gasteiger partial charge in [-0.15, -0.1) is 0 Å². The third-order valence-electron chi connectivity index (χ3n) is 4.19. The van der Waals surface area contributed by atoms with Crippen molar-refractivity contribution in [2.45, 2.75) is 49.4 Å². The Hall–Kier alpha value is -1.00. The Kier molecular flexibility index (Phi) is 5.11. The number of carbonyl (C=O) groups excluding carboxylic acids is 1. The molecule has 1 amide bonds. The topological polar surface area (TPSA) is 55.1 Å². The number of amides is 1. The van der Waals surface area contributed by atoms with E-state index in [9.17, 15) is 4.79 Å². The van der Waals surface area contributed by atoms with Crippen molar-refractivity contribution >= 4 is 17.7 Å². The molecule has 3 N–H and O–H groups in total. The average Bonchev–Trinajstić information content (AvgIpc) is 2.49. The van der Waals surface area contributed by atoms with E-state index >= 15 is 0 Å². The molecule has 0 spiro atoms. The van der Waals surface area contributed by atoms with Crippen LogP contribution in [0.2, 0.25) is 0 Å². The molecule has 0 aromatic heterocycles. The highest BCUT2D eigenvalue weighted by molar-refractivity contribution is 7.99. The van der Waals surface area contributed by atoms with Gasteiger partial charge in [0, 0.05) is 11.3 Å². The Morgan fingerprint density at radius 3 is 2.40 bits per heavy atom. The van der Waals surface area contributed by atoms with Gasteiger partial charge in [-0.05, 0) is 44.4 Å². The maximum Gasteiger partial charge on any atom is 0.244 e. The molecule has 0 saturated heterocycles. The Balaban J connectivity index is 1.95. The number of carbonyl (C=O) groups is 1. The molecule has 1 fully saturated rings. The van der Waals surface area contributed by atoms with Gasteiger partial charge in [0.05, 0.1) is 0 Å². The van der Waals surface area contributed by atoms with Gasteiger partial charge in [-0.25, -0.2) is 0 Å². The van der Waals surface area contributed by atoms with Gasteiger partial charge in [-0.3, -0.25) is 4.79 Å². The third kappa shape index (κ3) is 3.55. The third-order valence-corrected chi connectivity index (χ3v) is 5.33. The van der Waals surface area contributed by atoms with Crippen LogP contribution in [0.25, 0.3) is 0 Å². The first-order valence-corrected chi connectivity index (χ1v) is 8.51. The fourth-order valence-electron chi connectivity index (χ4n) is 2.69. The van der Waals surface area contributed by atoms with E-state index in [0.29, 0.717) is 0 Å². The molecular weight excluding hydrogens is 268 g/mol. The highest BCUT2D eigenvalue weighted by Crippen LogP contribution is 2.27. The van der Waals surface area contributed by atoms with Gasteiger partial charge in [0.2, 0.25) is 5.91 Å². The van der Waals surface area contributed by atoms with Crippen molar-refractivity contribution in [3.63, 3.8) is 0 Å². The summed E-state index contributed by atoms with van der Waals surface area (Å²) in [6.07, 6.45) is 6.64. The quantitative estimate of drug-likeness (QED) is 0.897. The zero-order valence-corrected chi connectivity index (χ0v) is 13.1. The number of thioether (sulfide) groups is 1. The summed E-state index contributed by atoms with van der Waals surface area (Å²) in [5.74, 6) is -0.0729. The molecule has 0 bridgehead atoms. The van der Waals surface area contributed by atoms with Crippen LogP contribution in [0.1, 0.15) is 38.2 Å². The van der Waals surface area contributed by atoms with Crippen LogP contribution in [0.15, 0.2) is 30.3 Å². The number of nitrogens with two attached hydrogens (primary N) is 1. The van der Waals surface area contributed by atoms with Gasteiger partial charge in [0.1, 0.15) is 5.54 Å². The highest BCUT2D eigenvalue weighted by Gasteiger charge is 2.32. The predicted molar refractivity (Wildman–Crippen MR) is 85.7 cm³/mol. The van der Waals surface area contributed by atoms with Crippen LogP contribution in [0, 0.1) is 0 Å². The molecule has 1 unspecified atom stereocenters. The lowest BCUT2D eigenvalue weighted by molar-refractivity contribution is -0.127. The number of hydrogen-bond donors (Lipinski definition) is 2. The standard InChI is InChI=1S/C16H24N2OS/c1-16(17,12-6-4-3-5-7-12)15(19)18-13-8-10-14(20-2)11-9-13/h3-7,13-14H,8-11,17H2,1-2H3,(H,18,19). The SMILES string of the molecule is CSC1CCC(NC(=O)C(C)(N)c2ccccc2)CC1. The van der Waals surface area contributed by atoms with Gasteiger partial charge in [-0.1, -0.05) is 30.3 Å². The van der Waals surface area contributed by atoms with E-state index in [2.05, 4.69) is 11.6 Å². The van der Waals surface area contributed by atoms with Crippen molar-refractivity contribution in [1.82, 2.24) is 5.32 Å². The molecule has 110 valence electrons. The second kappa shape index (κ2) is 6.64. The Morgan fingerprint density at radius 2 is 1.85 bits per heavy atom. The molecule has 0 aliphatic heterocycles. The Labute approximate surface area is 125 Å². The molecule has 1 aliphatic rings. The van der Waals surface area contributed by atoms with Gasteiger partial charge in [0.15, 0.2) is 0 Å². The minimum absolute atomic E-state index is 0.0729. The predicted octanol–water partition coefficient (Wildman–Crippen LogP) is 2.65. The largest absolute Gasteiger partial charge is 0.351 e. The van der Waals surface area contributed by atoms with Gasteiger partial charge < -0.3 is 11.1 Å². The lowest BCUT2D eigenvalue weighted by atomic mass is 9.90. The van der Waals surface area contributed by atoms with Gasteiger partial charge in [-0.2, -0.15) is 11.8 Å². The first kappa shape index (κ1) is 15.4. The van der Waals surface area contributed by atoms with Gasteiger partial charge >= 0.3 is 0 Å². The van der Waals surface area contributed by atoms with Crippen molar-refractivity contribution in [1.29, 1.82) is 0 Å². The molecule has 20 heavy (non-hydrogen) atoms. The normalized spacial score (nSPS) is 25.8. The van der Waals surface area contributed by atoms with Crippen LogP contribution in [-0.2, 0) is 10.3 Å². The Morgan fingerprint density at radius 1 is 1.25 bits per heavy atom. The Bertz CT molecular complexity index is 439. The van der Waals surface area contributed by atoms with E-state index in [-0.39, 0.29) is 11.9 Å². The summed E-state index contributed by atoms with van der Waals surface area (Å²) in [6, 6.07) is 9.85. The zero-order chi connectivity index (χ0) is 14.6. The van der Waals surface area contributed by atoms with Crippen molar-refractivity contribution in [2.24, 2.45) is 5.73 Å². The monoisotopic (exact) mass is 292 g/mol. The van der Waals surface area contributed by atoms with Crippen LogP contribution in [-0.4, -0.2) is 23.5 Å². The molecule has 1 atom stereocenters. The molecule has 1 aromatic rings. The van der Waals surface area contributed by atoms with Crippen molar-refractivity contribution < 1.29 is 4.79 Å². The summed E-state index contributed by atoms with van der Waals surface area (Å²) < 4.78 is 0. The van der Waals surface area contributed by atoms with Crippen LogP contribution in [0.3, 0.4) is 0 Å². The molecule has 1 saturated carbocycles. The minimum Gasteiger partial charge on any atom is -0.351 e. The summed E-state index contributed by atoms with van der Waals surface area (Å²) in [5.41, 5.74) is 6.13.